The number of hydrogen-bond donors (Lipinski definition) is 1. The van der Waals surface area contributed by atoms with Gasteiger partial charge in [-0.3, -0.25) is 14.9 Å². The van der Waals surface area contributed by atoms with Crippen LogP contribution in [0.4, 0.5) is 17.6 Å². The minimum Gasteiger partial charge on any atom is -0.291 e. The Hall–Kier alpha value is -4.17. The Kier molecular flexibility index (Phi) is 6.65. The second-order valence-electron chi connectivity index (χ2n) is 10.3. The van der Waals surface area contributed by atoms with E-state index in [-0.39, 0.29) is 31.0 Å². The number of sulfonamides is 1. The number of hydrogen-bond acceptors (Lipinski definition) is 6. The monoisotopic (exact) mass is 600 g/mol. The van der Waals surface area contributed by atoms with Crippen LogP contribution in [0.5, 0.6) is 0 Å². The van der Waals surface area contributed by atoms with Gasteiger partial charge in [-0.05, 0) is 73.4 Å². The molecule has 42 heavy (non-hydrogen) atoms. The van der Waals surface area contributed by atoms with Crippen molar-refractivity contribution in [3.63, 3.8) is 0 Å². The van der Waals surface area contributed by atoms with Crippen molar-refractivity contribution in [2.75, 3.05) is 13.1 Å². The maximum atomic E-state index is 14.2. The lowest BCUT2D eigenvalue weighted by Gasteiger charge is -2.44. The summed E-state index contributed by atoms with van der Waals surface area (Å²) in [5.41, 5.74) is -0.0750. The number of nitrogens with zero attached hydrogens (tertiary/aromatic N) is 5. The number of aromatic nitrogens is 5. The number of ketones is 1. The summed E-state index contributed by atoms with van der Waals surface area (Å²) in [6, 6.07) is 8.56. The van der Waals surface area contributed by atoms with E-state index < -0.39 is 44.5 Å². The molecule has 2 aliphatic rings. The Morgan fingerprint density at radius 1 is 1.14 bits per heavy atom. The van der Waals surface area contributed by atoms with E-state index >= 15 is 0 Å². The first-order valence-electron chi connectivity index (χ1n) is 13.1. The fourth-order valence-electron chi connectivity index (χ4n) is 5.57. The highest BCUT2D eigenvalue weighted by molar-refractivity contribution is 7.89. The van der Waals surface area contributed by atoms with Gasteiger partial charge in [-0.1, -0.05) is 12.5 Å². The molecule has 14 heteroatoms. The Bertz CT molecular complexity index is 1830. The zero-order valence-electron chi connectivity index (χ0n) is 22.2. The Balaban J connectivity index is 1.46. The average molecular weight is 601 g/mol. The summed E-state index contributed by atoms with van der Waals surface area (Å²) in [5, 5.41) is 10.9. The number of carbonyl (C=O) groups is 1. The molecule has 9 nitrogen and oxygen atoms in total. The molecule has 1 N–H and O–H groups in total. The van der Waals surface area contributed by atoms with E-state index in [9.17, 15) is 30.8 Å². The molecule has 1 aromatic carbocycles. The second-order valence-corrected chi connectivity index (χ2v) is 12.2. The van der Waals surface area contributed by atoms with Gasteiger partial charge in [0, 0.05) is 25.0 Å². The zero-order chi connectivity index (χ0) is 29.9. The summed E-state index contributed by atoms with van der Waals surface area (Å²) in [6.07, 6.45) is 0.0961. The molecule has 1 saturated heterocycles. The second kappa shape index (κ2) is 9.98. The molecule has 1 fully saturated rings. The van der Waals surface area contributed by atoms with Crippen LogP contribution in [0.25, 0.3) is 11.8 Å². The van der Waals surface area contributed by atoms with Crippen LogP contribution in [0.2, 0.25) is 0 Å². The first kappa shape index (κ1) is 28.0. The number of aromatic amines is 1. The molecule has 0 spiro atoms. The van der Waals surface area contributed by atoms with Crippen LogP contribution in [-0.4, -0.2) is 56.6 Å². The molecule has 4 heterocycles. The van der Waals surface area contributed by atoms with E-state index in [0.29, 0.717) is 40.7 Å². The van der Waals surface area contributed by atoms with E-state index in [0.717, 1.165) is 16.6 Å². The number of fused-ring (bicyclic) bond motifs is 2. The van der Waals surface area contributed by atoms with Gasteiger partial charge in [0.2, 0.25) is 0 Å². The number of nitrogens with one attached hydrogen (secondary N) is 1. The Morgan fingerprint density at radius 2 is 1.90 bits per heavy atom. The highest BCUT2D eigenvalue weighted by atomic mass is 32.2. The van der Waals surface area contributed by atoms with Crippen molar-refractivity contribution in [3.8, 4) is 5.69 Å². The van der Waals surface area contributed by atoms with E-state index in [2.05, 4.69) is 20.3 Å². The van der Waals surface area contributed by atoms with Gasteiger partial charge in [0.15, 0.2) is 10.8 Å². The van der Waals surface area contributed by atoms with E-state index in [1.165, 1.54) is 24.4 Å². The topological polar surface area (TPSA) is 114 Å². The number of piperidine rings is 1. The lowest BCUT2D eigenvalue weighted by molar-refractivity contribution is -0.137. The molecule has 0 radical (unpaired) electrons. The predicted molar refractivity (Wildman–Crippen MR) is 143 cm³/mol. The van der Waals surface area contributed by atoms with Gasteiger partial charge in [-0.15, -0.1) is 0 Å². The van der Waals surface area contributed by atoms with Gasteiger partial charge in [0.05, 0.1) is 28.6 Å². The minimum absolute atomic E-state index is 0.0214. The maximum Gasteiger partial charge on any atom is 0.416 e. The van der Waals surface area contributed by atoms with Crippen LogP contribution in [0.3, 0.4) is 0 Å². The van der Waals surface area contributed by atoms with E-state index in [1.54, 1.807) is 22.9 Å². The van der Waals surface area contributed by atoms with Crippen LogP contribution >= 0.6 is 0 Å². The van der Waals surface area contributed by atoms with Crippen LogP contribution in [-0.2, 0) is 29.0 Å². The average Bonchev–Trinajstić information content (AvgIpc) is 3.63. The van der Waals surface area contributed by atoms with Crippen molar-refractivity contribution in [1.29, 1.82) is 0 Å². The number of H-pyrrole nitrogens is 1. The molecular weight excluding hydrogens is 576 g/mol. The summed E-state index contributed by atoms with van der Waals surface area (Å²) in [4.78, 5) is 18.2. The summed E-state index contributed by atoms with van der Waals surface area (Å²) < 4.78 is 84.2. The molecular formula is C28H24F4N6O3S. The van der Waals surface area contributed by atoms with Crippen molar-refractivity contribution in [3.05, 3.63) is 94.5 Å². The number of pyridine rings is 1. The number of halogens is 4. The lowest BCUT2D eigenvalue weighted by atomic mass is 9.65. The van der Waals surface area contributed by atoms with Crippen molar-refractivity contribution in [2.24, 2.45) is 5.41 Å². The lowest BCUT2D eigenvalue weighted by Crippen LogP contribution is -2.53. The molecule has 3 aromatic heterocycles. The van der Waals surface area contributed by atoms with Gasteiger partial charge in [0.1, 0.15) is 11.5 Å². The molecule has 4 aromatic rings. The first-order valence-corrected chi connectivity index (χ1v) is 14.5. The predicted octanol–water partition coefficient (Wildman–Crippen LogP) is 4.61. The fourth-order valence-corrected chi connectivity index (χ4v) is 7.01. The Morgan fingerprint density at radius 3 is 2.60 bits per heavy atom. The highest BCUT2D eigenvalue weighted by Crippen LogP contribution is 2.47. The smallest absolute Gasteiger partial charge is 0.291 e. The number of Topliss-reactive ketones (excluding diaryl/α,β-unsaturated/α-hetero) is 1. The SMILES string of the molecule is CCc1cc(S(=O)(=O)N2CCC3=Cc4c(cnn4-c4ccc(F)cc4)C[C@]3(C(=O)c3cc(C(F)(F)F)ccn3)C2)n[nH]1. The van der Waals surface area contributed by atoms with Crippen molar-refractivity contribution < 1.29 is 30.8 Å². The fraction of sp³-hybridized carbons (Fsp3) is 0.286. The number of carbonyl (C=O) groups excluding carboxylic acids is 1. The number of aryl methyl sites for hydroxylation is 1. The van der Waals surface area contributed by atoms with Gasteiger partial charge in [0.25, 0.3) is 10.0 Å². The third-order valence-electron chi connectivity index (χ3n) is 7.80. The molecule has 1 atom stereocenters. The summed E-state index contributed by atoms with van der Waals surface area (Å²) in [6.45, 7) is 1.53. The zero-order valence-corrected chi connectivity index (χ0v) is 23.0. The third-order valence-corrected chi connectivity index (χ3v) is 9.53. The minimum atomic E-state index is -4.71. The molecule has 0 saturated carbocycles. The molecule has 218 valence electrons. The van der Waals surface area contributed by atoms with Gasteiger partial charge in [-0.25, -0.2) is 17.5 Å². The Labute approximate surface area is 237 Å². The number of rotatable bonds is 6. The number of alkyl halides is 3. The molecule has 6 rings (SSSR count). The van der Waals surface area contributed by atoms with E-state index in [4.69, 9.17) is 0 Å². The van der Waals surface area contributed by atoms with Gasteiger partial charge < -0.3 is 0 Å². The van der Waals surface area contributed by atoms with Crippen molar-refractivity contribution in [1.82, 2.24) is 29.3 Å². The summed E-state index contributed by atoms with van der Waals surface area (Å²) in [5.74, 6) is -1.15. The summed E-state index contributed by atoms with van der Waals surface area (Å²) >= 11 is 0. The van der Waals surface area contributed by atoms with E-state index in [1.807, 2.05) is 6.92 Å². The quantitative estimate of drug-likeness (QED) is 0.255. The van der Waals surface area contributed by atoms with Gasteiger partial charge in [-0.2, -0.15) is 27.7 Å². The van der Waals surface area contributed by atoms with Crippen molar-refractivity contribution in [2.45, 2.75) is 37.4 Å². The van der Waals surface area contributed by atoms with Crippen LogP contribution in [0.15, 0.2) is 65.5 Å². The van der Waals surface area contributed by atoms with Crippen LogP contribution in [0.1, 0.15) is 46.3 Å². The number of benzene rings is 1. The van der Waals surface area contributed by atoms with Crippen LogP contribution in [0, 0.1) is 11.2 Å². The first-order chi connectivity index (χ1) is 19.9. The normalized spacial score (nSPS) is 19.2. The van der Waals surface area contributed by atoms with Gasteiger partial charge >= 0.3 is 6.18 Å². The largest absolute Gasteiger partial charge is 0.416 e. The van der Waals surface area contributed by atoms with Crippen molar-refractivity contribution >= 4 is 21.9 Å². The molecule has 1 aliphatic heterocycles. The third kappa shape index (κ3) is 4.64. The summed E-state index contributed by atoms with van der Waals surface area (Å²) in [7, 11) is -4.15. The standard InChI is InChI=1S/C28H24F4N6O3S/c1-2-21-13-25(36-35-21)42(40,41)37-10-8-18-12-24-17(15-34-38(24)22-5-3-20(29)4-6-22)14-27(18,16-37)26(39)23-11-19(7-9-33-23)28(30,31)32/h3-7,9,11-13,15H,2,8,10,14,16H2,1H3,(H,35,36)/t27-/m0/s1. The van der Waals surface area contributed by atoms with Crippen LogP contribution < -0.4 is 0 Å². The molecule has 1 aliphatic carbocycles. The highest BCUT2D eigenvalue weighted by Gasteiger charge is 2.52. The molecule has 0 unspecified atom stereocenters. The molecule has 0 amide bonds. The maximum absolute atomic E-state index is 14.2. The molecule has 0 bridgehead atoms.